The molecule has 0 aromatic heterocycles. The van der Waals surface area contributed by atoms with Crippen molar-refractivity contribution < 1.29 is 9.90 Å². The maximum Gasteiger partial charge on any atom is 0.336 e. The molecule has 2 nitrogen and oxygen atoms in total. The van der Waals surface area contributed by atoms with Crippen LogP contribution in [0.25, 0.3) is 10.8 Å². The lowest BCUT2D eigenvalue weighted by Crippen LogP contribution is -1.97. The monoisotopic (exact) mass is 298 g/mol. The van der Waals surface area contributed by atoms with Crippen LogP contribution in [0.5, 0.6) is 0 Å². The van der Waals surface area contributed by atoms with E-state index in [0.717, 1.165) is 14.3 Å². The van der Waals surface area contributed by atoms with Crippen molar-refractivity contribution in [3.8, 4) is 0 Å². The topological polar surface area (TPSA) is 37.3 Å². The molecule has 2 aromatic carbocycles. The van der Waals surface area contributed by atoms with Gasteiger partial charge in [-0.2, -0.15) is 0 Å². The van der Waals surface area contributed by atoms with E-state index in [-0.39, 0.29) is 0 Å². The molecule has 0 radical (unpaired) electrons. The largest absolute Gasteiger partial charge is 0.478 e. The molecule has 0 bridgehead atoms. The molecule has 70 valence electrons. The zero-order valence-corrected chi connectivity index (χ0v) is 9.36. The molecule has 2 rings (SSSR count). The molecular formula is C11H7IO2. The quantitative estimate of drug-likeness (QED) is 0.821. The number of rotatable bonds is 1. The van der Waals surface area contributed by atoms with E-state index >= 15 is 0 Å². The van der Waals surface area contributed by atoms with Crippen molar-refractivity contribution in [2.45, 2.75) is 0 Å². The van der Waals surface area contributed by atoms with Crippen LogP contribution in [0.3, 0.4) is 0 Å². The highest BCUT2D eigenvalue weighted by Crippen LogP contribution is 2.23. The van der Waals surface area contributed by atoms with Gasteiger partial charge in [-0.1, -0.05) is 24.3 Å². The molecule has 0 aliphatic carbocycles. The van der Waals surface area contributed by atoms with Crippen molar-refractivity contribution >= 4 is 39.3 Å². The molecule has 0 fully saturated rings. The maximum atomic E-state index is 10.9. The highest BCUT2D eigenvalue weighted by molar-refractivity contribution is 14.1. The van der Waals surface area contributed by atoms with Gasteiger partial charge < -0.3 is 5.11 Å². The normalized spacial score (nSPS) is 10.4. The van der Waals surface area contributed by atoms with Gasteiger partial charge in [-0.05, 0) is 45.5 Å². The Balaban J connectivity index is 2.88. The lowest BCUT2D eigenvalue weighted by molar-refractivity contribution is 0.0699. The number of benzene rings is 2. The number of halogens is 1. The van der Waals surface area contributed by atoms with Gasteiger partial charge in [0, 0.05) is 3.57 Å². The predicted molar refractivity (Wildman–Crippen MR) is 63.6 cm³/mol. The highest BCUT2D eigenvalue weighted by atomic mass is 127. The Labute approximate surface area is 94.7 Å². The van der Waals surface area contributed by atoms with Crippen LogP contribution in [0.4, 0.5) is 0 Å². The smallest absolute Gasteiger partial charge is 0.336 e. The molecule has 0 aliphatic heterocycles. The fourth-order valence-electron chi connectivity index (χ4n) is 1.45. The van der Waals surface area contributed by atoms with Gasteiger partial charge in [0.15, 0.2) is 0 Å². The molecule has 0 saturated carbocycles. The van der Waals surface area contributed by atoms with E-state index in [1.807, 2.05) is 30.3 Å². The molecule has 0 saturated heterocycles. The number of carboxylic acid groups (broad SMARTS) is 1. The Morgan fingerprint density at radius 3 is 2.36 bits per heavy atom. The summed E-state index contributed by atoms with van der Waals surface area (Å²) in [6, 6.07) is 11.0. The molecular weight excluding hydrogens is 291 g/mol. The van der Waals surface area contributed by atoms with E-state index in [4.69, 9.17) is 5.11 Å². The zero-order chi connectivity index (χ0) is 10.1. The van der Waals surface area contributed by atoms with Crippen LogP contribution in [0.1, 0.15) is 10.4 Å². The maximum absolute atomic E-state index is 10.9. The molecule has 2 aromatic rings. The summed E-state index contributed by atoms with van der Waals surface area (Å²) in [5.41, 5.74) is 0.362. The van der Waals surface area contributed by atoms with E-state index in [0.29, 0.717) is 5.56 Å². The van der Waals surface area contributed by atoms with Gasteiger partial charge >= 0.3 is 5.97 Å². The average molecular weight is 298 g/mol. The summed E-state index contributed by atoms with van der Waals surface area (Å²) >= 11 is 2.21. The Hall–Kier alpha value is -1.10. The molecule has 3 heteroatoms. The van der Waals surface area contributed by atoms with Crippen LogP contribution < -0.4 is 0 Å². The Morgan fingerprint density at radius 2 is 1.71 bits per heavy atom. The van der Waals surface area contributed by atoms with Gasteiger partial charge in [0.1, 0.15) is 0 Å². The number of aromatic carboxylic acids is 1. The average Bonchev–Trinajstić information content (AvgIpc) is 2.18. The molecule has 0 unspecified atom stereocenters. The minimum Gasteiger partial charge on any atom is -0.478 e. The minimum absolute atomic E-state index is 0.362. The van der Waals surface area contributed by atoms with E-state index in [1.165, 1.54) is 0 Å². The summed E-state index contributed by atoms with van der Waals surface area (Å²) in [5.74, 6) is -0.877. The molecule has 0 spiro atoms. The summed E-state index contributed by atoms with van der Waals surface area (Å²) < 4.78 is 1.07. The number of carboxylic acids is 1. The van der Waals surface area contributed by atoms with Gasteiger partial charge in [0.05, 0.1) is 5.56 Å². The first-order valence-electron chi connectivity index (χ1n) is 4.10. The molecule has 14 heavy (non-hydrogen) atoms. The molecule has 1 N–H and O–H groups in total. The summed E-state index contributed by atoms with van der Waals surface area (Å²) in [5, 5.41) is 10.8. The van der Waals surface area contributed by atoms with E-state index in [2.05, 4.69) is 22.6 Å². The fourth-order valence-corrected chi connectivity index (χ4v) is 2.10. The lowest BCUT2D eigenvalue weighted by atomic mass is 10.1. The van der Waals surface area contributed by atoms with Gasteiger partial charge in [0.25, 0.3) is 0 Å². The molecule has 0 aliphatic rings. The first-order chi connectivity index (χ1) is 6.70. The lowest BCUT2D eigenvalue weighted by Gasteiger charge is -2.03. The first-order valence-corrected chi connectivity index (χ1v) is 5.18. The predicted octanol–water partition coefficient (Wildman–Crippen LogP) is 3.14. The molecule has 0 atom stereocenters. The molecule has 0 heterocycles. The first kappa shape index (κ1) is 9.45. The third-order valence-electron chi connectivity index (χ3n) is 2.10. The van der Waals surface area contributed by atoms with Gasteiger partial charge in [-0.15, -0.1) is 0 Å². The summed E-state index contributed by atoms with van der Waals surface area (Å²) in [6.45, 7) is 0. The van der Waals surface area contributed by atoms with Crippen molar-refractivity contribution in [2.75, 3.05) is 0 Å². The second kappa shape index (κ2) is 3.57. The summed E-state index contributed by atoms with van der Waals surface area (Å²) in [6.07, 6.45) is 0. The van der Waals surface area contributed by atoms with Gasteiger partial charge in [-0.25, -0.2) is 4.79 Å². The van der Waals surface area contributed by atoms with Crippen molar-refractivity contribution in [3.63, 3.8) is 0 Å². The zero-order valence-electron chi connectivity index (χ0n) is 7.20. The van der Waals surface area contributed by atoms with E-state index in [1.54, 1.807) is 6.07 Å². The van der Waals surface area contributed by atoms with Crippen molar-refractivity contribution in [3.05, 3.63) is 45.5 Å². The summed E-state index contributed by atoms with van der Waals surface area (Å²) in [4.78, 5) is 10.9. The fraction of sp³-hybridized carbons (Fsp3) is 0. The third kappa shape index (κ3) is 1.48. The highest BCUT2D eigenvalue weighted by Gasteiger charge is 2.08. The van der Waals surface area contributed by atoms with Crippen LogP contribution in [0.2, 0.25) is 0 Å². The minimum atomic E-state index is -0.877. The number of fused-ring (bicyclic) bond motifs is 1. The Bertz CT molecular complexity index is 506. The Kier molecular flexibility index (Phi) is 2.41. The van der Waals surface area contributed by atoms with E-state index < -0.39 is 5.97 Å². The number of hydrogen-bond acceptors (Lipinski definition) is 1. The standard InChI is InChI=1S/C11H7IO2/c12-10-6-5-9(11(13)14)7-3-1-2-4-8(7)10/h1-6H,(H,13,14). The van der Waals surface area contributed by atoms with Gasteiger partial charge in [0.2, 0.25) is 0 Å². The SMILES string of the molecule is O=C(O)c1ccc(I)c2ccccc12. The van der Waals surface area contributed by atoms with Crippen LogP contribution >= 0.6 is 22.6 Å². The third-order valence-corrected chi connectivity index (χ3v) is 3.04. The second-order valence-electron chi connectivity index (χ2n) is 2.95. The van der Waals surface area contributed by atoms with Crippen LogP contribution in [-0.4, -0.2) is 11.1 Å². The number of carbonyl (C=O) groups is 1. The van der Waals surface area contributed by atoms with Crippen LogP contribution in [-0.2, 0) is 0 Å². The van der Waals surface area contributed by atoms with Crippen LogP contribution in [0, 0.1) is 3.57 Å². The Morgan fingerprint density at radius 1 is 1.07 bits per heavy atom. The van der Waals surface area contributed by atoms with Crippen LogP contribution in [0.15, 0.2) is 36.4 Å². The second-order valence-corrected chi connectivity index (χ2v) is 4.11. The number of hydrogen-bond donors (Lipinski definition) is 1. The van der Waals surface area contributed by atoms with E-state index in [9.17, 15) is 4.79 Å². The van der Waals surface area contributed by atoms with Crippen molar-refractivity contribution in [1.29, 1.82) is 0 Å². The van der Waals surface area contributed by atoms with Crippen molar-refractivity contribution in [2.24, 2.45) is 0 Å². The van der Waals surface area contributed by atoms with Crippen molar-refractivity contribution in [1.82, 2.24) is 0 Å². The molecule has 0 amide bonds. The van der Waals surface area contributed by atoms with Gasteiger partial charge in [-0.3, -0.25) is 0 Å². The summed E-state index contributed by atoms with van der Waals surface area (Å²) in [7, 11) is 0.